The van der Waals surface area contributed by atoms with Crippen LogP contribution in [0.25, 0.3) is 11.4 Å². The van der Waals surface area contributed by atoms with Crippen molar-refractivity contribution in [3.63, 3.8) is 0 Å². The maximum Gasteiger partial charge on any atom is 0.342 e. The van der Waals surface area contributed by atoms with Crippen molar-refractivity contribution in [2.24, 2.45) is 0 Å². The summed E-state index contributed by atoms with van der Waals surface area (Å²) in [6.45, 7) is 1.48. The van der Waals surface area contributed by atoms with Crippen LogP contribution in [-0.4, -0.2) is 23.0 Å². The number of carbonyl (C=O) groups is 1. The third kappa shape index (κ3) is 2.80. The number of nitrogens with zero attached hydrogens (tertiary/aromatic N) is 1. The molecule has 0 aliphatic heterocycles. The Labute approximate surface area is 122 Å². The van der Waals surface area contributed by atoms with E-state index in [9.17, 15) is 18.0 Å². The maximum absolute atomic E-state index is 13.7. The summed E-state index contributed by atoms with van der Waals surface area (Å²) in [5, 5.41) is 0. The molecule has 8 heteroatoms. The molecule has 0 atom stereocenters. The van der Waals surface area contributed by atoms with Crippen molar-refractivity contribution < 1.29 is 22.7 Å². The molecule has 0 bridgehead atoms. The zero-order valence-corrected chi connectivity index (χ0v) is 11.8. The Morgan fingerprint density at radius 1 is 1.29 bits per heavy atom. The molecule has 1 N–H and O–H groups in total. The molecule has 0 saturated carbocycles. The number of rotatable bonds is 2. The number of carbonyl (C=O) groups excluding carboxylic acids is 1. The van der Waals surface area contributed by atoms with E-state index in [1.165, 1.54) is 14.0 Å². The number of esters is 1. The van der Waals surface area contributed by atoms with Crippen molar-refractivity contribution in [1.82, 2.24) is 9.97 Å². The minimum absolute atomic E-state index is 0.000761. The highest BCUT2D eigenvalue weighted by atomic mass is 32.1. The molecule has 2 aromatic rings. The van der Waals surface area contributed by atoms with Crippen molar-refractivity contribution in [2.75, 3.05) is 7.11 Å². The number of methoxy groups -OCH3 is 1. The fraction of sp³-hybridized carbons (Fsp3) is 0.154. The molecule has 1 aromatic carbocycles. The normalized spacial score (nSPS) is 10.5. The largest absolute Gasteiger partial charge is 0.465 e. The number of aromatic nitrogens is 2. The zero-order chi connectivity index (χ0) is 15.7. The molecule has 1 heterocycles. The first-order chi connectivity index (χ1) is 9.85. The van der Waals surface area contributed by atoms with Crippen LogP contribution in [-0.2, 0) is 4.74 Å². The highest BCUT2D eigenvalue weighted by molar-refractivity contribution is 7.71. The van der Waals surface area contributed by atoms with Crippen LogP contribution in [0.5, 0.6) is 0 Å². The average Bonchev–Trinajstić information content (AvgIpc) is 2.36. The Bertz CT molecular complexity index is 766. The highest BCUT2D eigenvalue weighted by Gasteiger charge is 2.19. The SMILES string of the molecule is COC(=O)c1c(C)[nH]c(-c2c(F)cc(F)cc2F)nc1=S. The monoisotopic (exact) mass is 314 g/mol. The van der Waals surface area contributed by atoms with E-state index in [4.69, 9.17) is 12.2 Å². The molecular formula is C13H9F3N2O2S. The van der Waals surface area contributed by atoms with Gasteiger partial charge in [-0.3, -0.25) is 0 Å². The minimum atomic E-state index is -1.13. The topological polar surface area (TPSA) is 55.0 Å². The van der Waals surface area contributed by atoms with Gasteiger partial charge in [0, 0.05) is 17.8 Å². The van der Waals surface area contributed by atoms with Crippen LogP contribution >= 0.6 is 12.2 Å². The van der Waals surface area contributed by atoms with E-state index < -0.39 is 29.0 Å². The van der Waals surface area contributed by atoms with E-state index in [1.807, 2.05) is 0 Å². The summed E-state index contributed by atoms with van der Waals surface area (Å²) in [7, 11) is 1.17. The van der Waals surface area contributed by atoms with Crippen LogP contribution < -0.4 is 0 Å². The van der Waals surface area contributed by atoms with Gasteiger partial charge in [0.1, 0.15) is 33.5 Å². The number of aryl methyl sites for hydroxylation is 1. The molecule has 110 valence electrons. The molecule has 0 fully saturated rings. The third-order valence-corrected chi connectivity index (χ3v) is 3.04. The first-order valence-corrected chi connectivity index (χ1v) is 6.10. The average molecular weight is 314 g/mol. The summed E-state index contributed by atoms with van der Waals surface area (Å²) >= 11 is 4.93. The molecule has 1 aromatic heterocycles. The molecule has 2 rings (SSSR count). The first-order valence-electron chi connectivity index (χ1n) is 5.69. The lowest BCUT2D eigenvalue weighted by Crippen LogP contribution is -2.09. The van der Waals surface area contributed by atoms with Gasteiger partial charge in [-0.1, -0.05) is 12.2 Å². The van der Waals surface area contributed by atoms with Crippen LogP contribution in [0.15, 0.2) is 12.1 Å². The molecule has 0 saturated heterocycles. The number of H-pyrrole nitrogens is 1. The van der Waals surface area contributed by atoms with E-state index in [0.717, 1.165) is 0 Å². The van der Waals surface area contributed by atoms with Gasteiger partial charge < -0.3 is 9.72 Å². The van der Waals surface area contributed by atoms with Crippen LogP contribution in [0, 0.1) is 29.0 Å². The Balaban J connectivity index is 2.69. The van der Waals surface area contributed by atoms with Crippen LogP contribution in [0.2, 0.25) is 0 Å². The summed E-state index contributed by atoms with van der Waals surface area (Å²) in [5.41, 5.74) is -0.318. The van der Waals surface area contributed by atoms with Crippen LogP contribution in [0.1, 0.15) is 16.1 Å². The number of nitrogens with one attached hydrogen (secondary N) is 1. The van der Waals surface area contributed by atoms with Crippen molar-refractivity contribution in [3.8, 4) is 11.4 Å². The van der Waals surface area contributed by atoms with Crippen molar-refractivity contribution in [2.45, 2.75) is 6.92 Å². The van der Waals surface area contributed by atoms with Crippen molar-refractivity contribution in [3.05, 3.63) is 45.5 Å². The highest BCUT2D eigenvalue weighted by Crippen LogP contribution is 2.25. The minimum Gasteiger partial charge on any atom is -0.465 e. The molecule has 4 nitrogen and oxygen atoms in total. The predicted octanol–water partition coefficient (Wildman–Crippen LogP) is 3.32. The van der Waals surface area contributed by atoms with Gasteiger partial charge in [0.25, 0.3) is 0 Å². The summed E-state index contributed by atoms with van der Waals surface area (Å²) in [6.07, 6.45) is 0. The summed E-state index contributed by atoms with van der Waals surface area (Å²) < 4.78 is 44.7. The molecule has 21 heavy (non-hydrogen) atoms. The van der Waals surface area contributed by atoms with Gasteiger partial charge in [0.05, 0.1) is 12.7 Å². The number of halogens is 3. The number of benzene rings is 1. The number of ether oxygens (including phenoxy) is 1. The standard InChI is InChI=1S/C13H9F3N2O2S/c1-5-9(13(19)20-2)12(21)18-11(17-5)10-7(15)3-6(14)4-8(10)16/h3-4H,1-2H3,(H,17,18,21). The van der Waals surface area contributed by atoms with E-state index in [0.29, 0.717) is 12.1 Å². The van der Waals surface area contributed by atoms with Crippen molar-refractivity contribution >= 4 is 18.2 Å². The molecule has 0 unspecified atom stereocenters. The molecule has 0 radical (unpaired) electrons. The fourth-order valence-corrected chi connectivity index (χ4v) is 2.14. The molecular weight excluding hydrogens is 305 g/mol. The second-order valence-corrected chi connectivity index (χ2v) is 4.51. The van der Waals surface area contributed by atoms with Crippen LogP contribution in [0.4, 0.5) is 13.2 Å². The van der Waals surface area contributed by atoms with Gasteiger partial charge in [0.15, 0.2) is 0 Å². The predicted molar refractivity (Wildman–Crippen MR) is 70.8 cm³/mol. The summed E-state index contributed by atoms with van der Waals surface area (Å²) in [5.74, 6) is -4.25. The van der Waals surface area contributed by atoms with Gasteiger partial charge in [-0.25, -0.2) is 22.9 Å². The van der Waals surface area contributed by atoms with Gasteiger partial charge in [-0.2, -0.15) is 0 Å². The number of hydrogen-bond donors (Lipinski definition) is 1. The third-order valence-electron chi connectivity index (χ3n) is 2.74. The quantitative estimate of drug-likeness (QED) is 0.682. The summed E-state index contributed by atoms with van der Waals surface area (Å²) in [4.78, 5) is 17.9. The smallest absolute Gasteiger partial charge is 0.342 e. The van der Waals surface area contributed by atoms with Gasteiger partial charge in [-0.05, 0) is 6.92 Å². The fourth-order valence-electron chi connectivity index (χ4n) is 1.82. The van der Waals surface area contributed by atoms with Gasteiger partial charge in [0.2, 0.25) is 0 Å². The lowest BCUT2D eigenvalue weighted by atomic mass is 10.1. The maximum atomic E-state index is 13.7. The lowest BCUT2D eigenvalue weighted by Gasteiger charge is -2.09. The van der Waals surface area contributed by atoms with Crippen molar-refractivity contribution in [1.29, 1.82) is 0 Å². The second kappa shape index (κ2) is 5.65. The van der Waals surface area contributed by atoms with E-state index in [-0.39, 0.29) is 21.7 Å². The lowest BCUT2D eigenvalue weighted by molar-refractivity contribution is 0.0598. The Hall–Kier alpha value is -2.22. The Morgan fingerprint density at radius 2 is 1.86 bits per heavy atom. The van der Waals surface area contributed by atoms with E-state index >= 15 is 0 Å². The molecule has 0 spiro atoms. The molecule has 0 amide bonds. The first kappa shape index (κ1) is 15.2. The number of aromatic amines is 1. The van der Waals surface area contributed by atoms with E-state index in [1.54, 1.807) is 0 Å². The molecule has 0 aliphatic carbocycles. The molecule has 0 aliphatic rings. The van der Waals surface area contributed by atoms with E-state index in [2.05, 4.69) is 14.7 Å². The zero-order valence-electron chi connectivity index (χ0n) is 11.0. The Morgan fingerprint density at radius 3 is 2.33 bits per heavy atom. The van der Waals surface area contributed by atoms with Gasteiger partial charge >= 0.3 is 5.97 Å². The summed E-state index contributed by atoms with van der Waals surface area (Å²) in [6, 6.07) is 1.06. The Kier molecular flexibility index (Phi) is 4.08. The number of hydrogen-bond acceptors (Lipinski definition) is 4. The van der Waals surface area contributed by atoms with Gasteiger partial charge in [-0.15, -0.1) is 0 Å². The van der Waals surface area contributed by atoms with Crippen LogP contribution in [0.3, 0.4) is 0 Å². The second-order valence-electron chi connectivity index (χ2n) is 4.13.